The molecule has 1 aliphatic rings. The molecule has 1 saturated carbocycles. The highest BCUT2D eigenvalue weighted by Gasteiger charge is 2.20. The fourth-order valence-corrected chi connectivity index (χ4v) is 2.16. The minimum Gasteiger partial charge on any atom is -0.476 e. The van der Waals surface area contributed by atoms with Crippen LogP contribution in [0.5, 0.6) is 5.88 Å². The molecule has 0 amide bonds. The first-order chi connectivity index (χ1) is 8.70. The molecule has 2 rings (SSSR count). The Morgan fingerprint density at radius 3 is 2.78 bits per heavy atom. The van der Waals surface area contributed by atoms with Gasteiger partial charge < -0.3 is 20.9 Å². The normalized spacial score (nSPS) is 23.7. The van der Waals surface area contributed by atoms with Crippen molar-refractivity contribution in [2.75, 3.05) is 17.7 Å². The van der Waals surface area contributed by atoms with Gasteiger partial charge in [0.15, 0.2) is 5.82 Å². The highest BCUT2D eigenvalue weighted by molar-refractivity contribution is 5.66. The van der Waals surface area contributed by atoms with Gasteiger partial charge in [-0.05, 0) is 32.6 Å². The molecule has 0 bridgehead atoms. The smallest absolute Gasteiger partial charge is 0.242 e. The molecule has 0 aliphatic heterocycles. The first-order valence-corrected chi connectivity index (χ1v) is 6.38. The van der Waals surface area contributed by atoms with Crippen LogP contribution in [0.1, 0.15) is 32.6 Å². The summed E-state index contributed by atoms with van der Waals surface area (Å²) >= 11 is 0. The van der Waals surface area contributed by atoms with Crippen molar-refractivity contribution < 1.29 is 9.84 Å². The Kier molecular flexibility index (Phi) is 4.19. The molecule has 0 aromatic carbocycles. The molecule has 0 saturated heterocycles. The van der Waals surface area contributed by atoms with E-state index in [2.05, 4.69) is 15.3 Å². The van der Waals surface area contributed by atoms with E-state index in [1.807, 2.05) is 6.92 Å². The Labute approximate surface area is 107 Å². The fourth-order valence-electron chi connectivity index (χ4n) is 2.16. The molecule has 0 radical (unpaired) electrons. The van der Waals surface area contributed by atoms with Crippen molar-refractivity contribution in [2.45, 2.75) is 44.8 Å². The number of hydrogen-bond acceptors (Lipinski definition) is 6. The lowest BCUT2D eigenvalue weighted by Crippen LogP contribution is -2.29. The minimum atomic E-state index is -0.162. The maximum Gasteiger partial charge on any atom is 0.242 e. The van der Waals surface area contributed by atoms with Crippen LogP contribution in [-0.4, -0.2) is 33.8 Å². The number of aromatic nitrogens is 2. The molecule has 1 aliphatic carbocycles. The summed E-state index contributed by atoms with van der Waals surface area (Å²) in [5.41, 5.74) is 6.40. The van der Waals surface area contributed by atoms with E-state index in [-0.39, 0.29) is 6.10 Å². The van der Waals surface area contributed by atoms with E-state index in [1.165, 1.54) is 6.33 Å². The molecule has 0 spiro atoms. The van der Waals surface area contributed by atoms with Gasteiger partial charge in [0.25, 0.3) is 0 Å². The standard InChI is InChI=1S/C12H20N4O2/c1-2-18-12-10(13)11(14-7-15-12)16-8-3-5-9(17)6-4-8/h7-9,17H,2-6,13H2,1H3,(H,14,15,16). The van der Waals surface area contributed by atoms with E-state index in [0.717, 1.165) is 25.7 Å². The lowest BCUT2D eigenvalue weighted by molar-refractivity contribution is 0.126. The lowest BCUT2D eigenvalue weighted by Gasteiger charge is -2.27. The zero-order valence-electron chi connectivity index (χ0n) is 10.6. The van der Waals surface area contributed by atoms with E-state index in [1.54, 1.807) is 0 Å². The summed E-state index contributed by atoms with van der Waals surface area (Å²) in [6.45, 7) is 2.41. The van der Waals surface area contributed by atoms with E-state index < -0.39 is 0 Å². The van der Waals surface area contributed by atoms with Crippen LogP contribution in [0.2, 0.25) is 0 Å². The quantitative estimate of drug-likeness (QED) is 0.745. The van der Waals surface area contributed by atoms with Gasteiger partial charge in [-0.1, -0.05) is 0 Å². The van der Waals surface area contributed by atoms with Crippen LogP contribution >= 0.6 is 0 Å². The number of nitrogens with zero attached hydrogens (tertiary/aromatic N) is 2. The zero-order chi connectivity index (χ0) is 13.0. The average molecular weight is 252 g/mol. The minimum absolute atomic E-state index is 0.162. The predicted molar refractivity (Wildman–Crippen MR) is 69.5 cm³/mol. The zero-order valence-corrected chi connectivity index (χ0v) is 10.6. The Morgan fingerprint density at radius 2 is 2.11 bits per heavy atom. The Bertz CT molecular complexity index is 392. The summed E-state index contributed by atoms with van der Waals surface area (Å²) < 4.78 is 5.33. The van der Waals surface area contributed by atoms with Crippen molar-refractivity contribution in [3.05, 3.63) is 6.33 Å². The van der Waals surface area contributed by atoms with Crippen molar-refractivity contribution in [2.24, 2.45) is 0 Å². The third-order valence-electron chi connectivity index (χ3n) is 3.17. The van der Waals surface area contributed by atoms with E-state index in [9.17, 15) is 5.11 Å². The number of aliphatic hydroxyl groups is 1. The maximum absolute atomic E-state index is 9.46. The van der Waals surface area contributed by atoms with E-state index >= 15 is 0 Å². The van der Waals surface area contributed by atoms with Crippen molar-refractivity contribution >= 4 is 11.5 Å². The third kappa shape index (κ3) is 3.01. The van der Waals surface area contributed by atoms with E-state index in [0.29, 0.717) is 30.0 Å². The lowest BCUT2D eigenvalue weighted by atomic mass is 9.93. The van der Waals surface area contributed by atoms with Crippen LogP contribution in [0.15, 0.2) is 6.33 Å². The third-order valence-corrected chi connectivity index (χ3v) is 3.17. The van der Waals surface area contributed by atoms with Gasteiger partial charge in [0.1, 0.15) is 12.0 Å². The molecule has 6 nitrogen and oxygen atoms in total. The Balaban J connectivity index is 2.02. The van der Waals surface area contributed by atoms with Crippen LogP contribution in [0.25, 0.3) is 0 Å². The average Bonchev–Trinajstić information content (AvgIpc) is 2.37. The summed E-state index contributed by atoms with van der Waals surface area (Å²) in [5, 5.41) is 12.8. The Morgan fingerprint density at radius 1 is 1.39 bits per heavy atom. The predicted octanol–water partition coefficient (Wildman–Crippen LogP) is 1.17. The molecule has 1 aromatic heterocycles. The summed E-state index contributed by atoms with van der Waals surface area (Å²) in [6, 6.07) is 0.306. The van der Waals surface area contributed by atoms with Crippen LogP contribution < -0.4 is 15.8 Å². The van der Waals surface area contributed by atoms with Gasteiger partial charge in [0.2, 0.25) is 5.88 Å². The molecule has 18 heavy (non-hydrogen) atoms. The number of nitrogens with two attached hydrogens (primary N) is 1. The first kappa shape index (κ1) is 12.9. The molecular weight excluding hydrogens is 232 g/mol. The van der Waals surface area contributed by atoms with Gasteiger partial charge in [-0.2, -0.15) is 4.98 Å². The summed E-state index contributed by atoms with van der Waals surface area (Å²) in [7, 11) is 0. The number of ether oxygens (including phenoxy) is 1. The number of rotatable bonds is 4. The monoisotopic (exact) mass is 252 g/mol. The number of nitrogen functional groups attached to an aromatic ring is 1. The second-order valence-corrected chi connectivity index (χ2v) is 4.52. The fraction of sp³-hybridized carbons (Fsp3) is 0.667. The molecule has 6 heteroatoms. The summed E-state index contributed by atoms with van der Waals surface area (Å²) in [5.74, 6) is 1.04. The van der Waals surface area contributed by atoms with Crippen molar-refractivity contribution in [1.82, 2.24) is 9.97 Å². The van der Waals surface area contributed by atoms with Gasteiger partial charge in [0, 0.05) is 6.04 Å². The number of aliphatic hydroxyl groups excluding tert-OH is 1. The molecule has 0 unspecified atom stereocenters. The maximum atomic E-state index is 9.46. The number of nitrogens with one attached hydrogen (secondary N) is 1. The second-order valence-electron chi connectivity index (χ2n) is 4.52. The molecule has 1 fully saturated rings. The summed E-state index contributed by atoms with van der Waals surface area (Å²) in [6.07, 6.45) is 4.77. The highest BCUT2D eigenvalue weighted by atomic mass is 16.5. The second kappa shape index (κ2) is 5.86. The number of hydrogen-bond donors (Lipinski definition) is 3. The van der Waals surface area contributed by atoms with Crippen LogP contribution in [0.4, 0.5) is 11.5 Å². The van der Waals surface area contributed by atoms with Gasteiger partial charge >= 0.3 is 0 Å². The van der Waals surface area contributed by atoms with Crippen molar-refractivity contribution in [3.63, 3.8) is 0 Å². The SMILES string of the molecule is CCOc1ncnc(NC2CCC(O)CC2)c1N. The van der Waals surface area contributed by atoms with Crippen LogP contribution in [0, 0.1) is 0 Å². The molecule has 1 aromatic rings. The van der Waals surface area contributed by atoms with E-state index in [4.69, 9.17) is 10.5 Å². The molecule has 0 atom stereocenters. The highest BCUT2D eigenvalue weighted by Crippen LogP contribution is 2.28. The Hall–Kier alpha value is -1.56. The number of anilines is 2. The summed E-state index contributed by atoms with van der Waals surface area (Å²) in [4.78, 5) is 8.14. The van der Waals surface area contributed by atoms with Gasteiger partial charge in [-0.15, -0.1) is 0 Å². The van der Waals surface area contributed by atoms with Crippen LogP contribution in [0.3, 0.4) is 0 Å². The van der Waals surface area contributed by atoms with Crippen LogP contribution in [-0.2, 0) is 0 Å². The topological polar surface area (TPSA) is 93.3 Å². The molecule has 1 heterocycles. The molecule has 4 N–H and O–H groups in total. The van der Waals surface area contributed by atoms with Crippen molar-refractivity contribution in [3.8, 4) is 5.88 Å². The van der Waals surface area contributed by atoms with Crippen molar-refractivity contribution in [1.29, 1.82) is 0 Å². The van der Waals surface area contributed by atoms with Gasteiger partial charge in [-0.3, -0.25) is 0 Å². The van der Waals surface area contributed by atoms with Gasteiger partial charge in [0.05, 0.1) is 12.7 Å². The largest absolute Gasteiger partial charge is 0.476 e. The first-order valence-electron chi connectivity index (χ1n) is 6.38. The van der Waals surface area contributed by atoms with Gasteiger partial charge in [-0.25, -0.2) is 4.98 Å². The molecular formula is C12H20N4O2. The molecule has 100 valence electrons.